The molecule has 0 saturated heterocycles. The molecule has 0 aliphatic carbocycles. The lowest BCUT2D eigenvalue weighted by Gasteiger charge is -2.05. The predicted octanol–water partition coefficient (Wildman–Crippen LogP) is 6.91. The molecule has 0 aliphatic rings. The number of thiazole rings is 1. The molecule has 0 saturated carbocycles. The van der Waals surface area contributed by atoms with Gasteiger partial charge in [-0.25, -0.2) is 4.98 Å². The van der Waals surface area contributed by atoms with Crippen molar-refractivity contribution >= 4 is 40.1 Å². The van der Waals surface area contributed by atoms with Crippen LogP contribution in [-0.2, 0) is 4.79 Å². The number of rotatable bonds is 6. The molecule has 4 rings (SSSR count). The number of amides is 1. The highest BCUT2D eigenvalue weighted by Crippen LogP contribution is 2.28. The van der Waals surface area contributed by atoms with E-state index in [2.05, 4.69) is 10.3 Å². The fourth-order valence-corrected chi connectivity index (χ4v) is 3.63. The molecule has 30 heavy (non-hydrogen) atoms. The van der Waals surface area contributed by atoms with Gasteiger partial charge in [0.2, 0.25) is 5.91 Å². The number of ether oxygens (including phenoxy) is 1. The van der Waals surface area contributed by atoms with Crippen LogP contribution in [0.15, 0.2) is 90.3 Å². The van der Waals surface area contributed by atoms with E-state index in [1.165, 1.54) is 17.4 Å². The SMILES string of the molecule is O=C(C=Cc1ccccc1Cl)Nc1nc(-c2ccc(Oc3ccccc3)cc2)cs1. The molecule has 0 spiro atoms. The first-order valence-corrected chi connectivity index (χ1v) is 10.5. The minimum atomic E-state index is -0.262. The van der Waals surface area contributed by atoms with E-state index in [0.29, 0.717) is 10.2 Å². The average Bonchev–Trinajstić information content (AvgIpc) is 3.23. The van der Waals surface area contributed by atoms with Gasteiger partial charge in [0.15, 0.2) is 5.13 Å². The number of hydrogen-bond donors (Lipinski definition) is 1. The molecular weight excluding hydrogens is 416 g/mol. The Hall–Kier alpha value is -3.41. The Kier molecular flexibility index (Phi) is 6.23. The second-order valence-electron chi connectivity index (χ2n) is 6.32. The predicted molar refractivity (Wildman–Crippen MR) is 123 cm³/mol. The van der Waals surface area contributed by atoms with Crippen LogP contribution in [0.5, 0.6) is 11.5 Å². The molecule has 1 aromatic heterocycles. The monoisotopic (exact) mass is 432 g/mol. The standard InChI is InChI=1S/C24H17ClN2O2S/c25-21-9-5-4-6-17(21)12-15-23(28)27-24-26-22(16-30-24)18-10-13-20(14-11-18)29-19-7-2-1-3-8-19/h1-16H,(H,26,27,28). The molecule has 148 valence electrons. The molecule has 0 aliphatic heterocycles. The Bertz CT molecular complexity index is 1170. The highest BCUT2D eigenvalue weighted by atomic mass is 35.5. The minimum absolute atomic E-state index is 0.262. The number of halogens is 1. The average molecular weight is 433 g/mol. The summed E-state index contributed by atoms with van der Waals surface area (Å²) in [5, 5.41) is 5.81. The molecule has 0 radical (unpaired) electrons. The van der Waals surface area contributed by atoms with Gasteiger partial charge in [0.25, 0.3) is 0 Å². The summed E-state index contributed by atoms with van der Waals surface area (Å²) in [5.41, 5.74) is 2.52. The van der Waals surface area contributed by atoms with Crippen LogP contribution in [0, 0.1) is 0 Å². The van der Waals surface area contributed by atoms with Crippen molar-refractivity contribution in [1.29, 1.82) is 0 Å². The lowest BCUT2D eigenvalue weighted by atomic mass is 10.2. The van der Waals surface area contributed by atoms with Crippen molar-refractivity contribution in [3.63, 3.8) is 0 Å². The smallest absolute Gasteiger partial charge is 0.250 e. The fourth-order valence-electron chi connectivity index (χ4n) is 2.70. The number of hydrogen-bond acceptors (Lipinski definition) is 4. The number of para-hydroxylation sites is 1. The van der Waals surface area contributed by atoms with Crippen molar-refractivity contribution in [3.8, 4) is 22.8 Å². The van der Waals surface area contributed by atoms with Crippen LogP contribution in [-0.4, -0.2) is 10.9 Å². The van der Waals surface area contributed by atoms with Crippen molar-refractivity contribution in [2.45, 2.75) is 0 Å². The summed E-state index contributed by atoms with van der Waals surface area (Å²) in [7, 11) is 0. The maximum atomic E-state index is 12.2. The van der Waals surface area contributed by atoms with Gasteiger partial charge in [0, 0.05) is 22.0 Å². The molecular formula is C24H17ClN2O2S. The quantitative estimate of drug-likeness (QED) is 0.337. The van der Waals surface area contributed by atoms with Gasteiger partial charge in [-0.2, -0.15) is 0 Å². The molecule has 0 bridgehead atoms. The van der Waals surface area contributed by atoms with Crippen molar-refractivity contribution < 1.29 is 9.53 Å². The maximum Gasteiger partial charge on any atom is 0.250 e. The van der Waals surface area contributed by atoms with Crippen LogP contribution in [0.1, 0.15) is 5.56 Å². The zero-order chi connectivity index (χ0) is 20.8. The van der Waals surface area contributed by atoms with Gasteiger partial charge in [-0.3, -0.25) is 10.1 Å². The molecule has 1 heterocycles. The minimum Gasteiger partial charge on any atom is -0.457 e. The Balaban J connectivity index is 1.39. The molecule has 1 N–H and O–H groups in total. The molecule has 6 heteroatoms. The number of carbonyl (C=O) groups excluding carboxylic acids is 1. The van der Waals surface area contributed by atoms with Crippen molar-refractivity contribution in [2.24, 2.45) is 0 Å². The summed E-state index contributed by atoms with van der Waals surface area (Å²) in [4.78, 5) is 16.7. The van der Waals surface area contributed by atoms with E-state index in [4.69, 9.17) is 16.3 Å². The first-order valence-electron chi connectivity index (χ1n) is 9.20. The molecule has 3 aromatic carbocycles. The maximum absolute atomic E-state index is 12.2. The van der Waals surface area contributed by atoms with Crippen LogP contribution in [0.25, 0.3) is 17.3 Å². The van der Waals surface area contributed by atoms with Gasteiger partial charge < -0.3 is 4.74 Å². The number of aromatic nitrogens is 1. The van der Waals surface area contributed by atoms with Crippen molar-refractivity contribution in [1.82, 2.24) is 4.98 Å². The van der Waals surface area contributed by atoms with Crippen molar-refractivity contribution in [2.75, 3.05) is 5.32 Å². The second-order valence-corrected chi connectivity index (χ2v) is 7.59. The summed E-state index contributed by atoms with van der Waals surface area (Å²) in [5.74, 6) is 1.27. The summed E-state index contributed by atoms with van der Waals surface area (Å²) in [6.45, 7) is 0. The van der Waals surface area contributed by atoms with Crippen molar-refractivity contribution in [3.05, 3.63) is 101 Å². The van der Waals surface area contributed by atoms with Gasteiger partial charge in [-0.1, -0.05) is 48.0 Å². The summed E-state index contributed by atoms with van der Waals surface area (Å²) < 4.78 is 5.81. The topological polar surface area (TPSA) is 51.2 Å². The van der Waals surface area contributed by atoms with E-state index in [-0.39, 0.29) is 5.91 Å². The van der Waals surface area contributed by atoms with Crippen LogP contribution in [0.2, 0.25) is 5.02 Å². The third-order valence-electron chi connectivity index (χ3n) is 4.18. The Morgan fingerprint density at radius 2 is 1.63 bits per heavy atom. The van der Waals surface area contributed by atoms with E-state index in [0.717, 1.165) is 28.3 Å². The molecule has 4 nitrogen and oxygen atoms in total. The highest BCUT2D eigenvalue weighted by molar-refractivity contribution is 7.14. The Morgan fingerprint density at radius 3 is 2.40 bits per heavy atom. The Labute approximate surface area is 183 Å². The van der Waals surface area contributed by atoms with E-state index >= 15 is 0 Å². The zero-order valence-corrected chi connectivity index (χ0v) is 17.4. The normalized spacial score (nSPS) is 10.8. The van der Waals surface area contributed by atoms with Gasteiger partial charge >= 0.3 is 0 Å². The zero-order valence-electron chi connectivity index (χ0n) is 15.8. The third kappa shape index (κ3) is 5.14. The largest absolute Gasteiger partial charge is 0.457 e. The summed E-state index contributed by atoms with van der Waals surface area (Å²) in [6, 6.07) is 24.6. The van der Waals surface area contributed by atoms with Crippen LogP contribution in [0.4, 0.5) is 5.13 Å². The van der Waals surface area contributed by atoms with E-state index in [9.17, 15) is 4.79 Å². The van der Waals surface area contributed by atoms with E-state index < -0.39 is 0 Å². The van der Waals surface area contributed by atoms with Crippen LogP contribution in [0.3, 0.4) is 0 Å². The lowest BCUT2D eigenvalue weighted by Crippen LogP contribution is -2.07. The van der Waals surface area contributed by atoms with Gasteiger partial charge in [0.05, 0.1) is 5.69 Å². The fraction of sp³-hybridized carbons (Fsp3) is 0. The summed E-state index contributed by atoms with van der Waals surface area (Å²) in [6.07, 6.45) is 3.12. The lowest BCUT2D eigenvalue weighted by molar-refractivity contribution is -0.111. The number of anilines is 1. The van der Waals surface area contributed by atoms with Gasteiger partial charge in [-0.05, 0) is 54.1 Å². The second kappa shape index (κ2) is 9.39. The van der Waals surface area contributed by atoms with Crippen LogP contribution < -0.4 is 10.1 Å². The Morgan fingerprint density at radius 1 is 0.933 bits per heavy atom. The highest BCUT2D eigenvalue weighted by Gasteiger charge is 2.07. The number of benzene rings is 3. The molecule has 0 atom stereocenters. The molecule has 0 unspecified atom stereocenters. The molecule has 4 aromatic rings. The molecule has 0 fully saturated rings. The van der Waals surface area contributed by atoms with Gasteiger partial charge in [0.1, 0.15) is 11.5 Å². The first-order chi connectivity index (χ1) is 14.7. The number of nitrogens with zero attached hydrogens (tertiary/aromatic N) is 1. The number of nitrogens with one attached hydrogen (secondary N) is 1. The number of carbonyl (C=O) groups is 1. The summed E-state index contributed by atoms with van der Waals surface area (Å²) >= 11 is 7.46. The van der Waals surface area contributed by atoms with Gasteiger partial charge in [-0.15, -0.1) is 11.3 Å². The first kappa shape index (κ1) is 19.9. The molecule has 1 amide bonds. The van der Waals surface area contributed by atoms with E-state index in [1.54, 1.807) is 12.1 Å². The third-order valence-corrected chi connectivity index (χ3v) is 5.28. The van der Waals surface area contributed by atoms with E-state index in [1.807, 2.05) is 78.2 Å². The van der Waals surface area contributed by atoms with Crippen LogP contribution >= 0.6 is 22.9 Å².